The van der Waals surface area contributed by atoms with Gasteiger partial charge in [0.15, 0.2) is 5.96 Å². The average Bonchev–Trinajstić information content (AvgIpc) is 3.19. The highest BCUT2D eigenvalue weighted by molar-refractivity contribution is 5.79. The molecule has 1 fully saturated rings. The first-order valence-corrected chi connectivity index (χ1v) is 9.46. The molecule has 5 heteroatoms. The molecule has 0 bridgehead atoms. The zero-order valence-electron chi connectivity index (χ0n) is 15.8. The molecule has 2 rings (SSSR count). The summed E-state index contributed by atoms with van der Waals surface area (Å²) in [4.78, 5) is 8.92. The van der Waals surface area contributed by atoms with E-state index in [0.29, 0.717) is 12.4 Å². The minimum Gasteiger partial charge on any atom is -0.443 e. The van der Waals surface area contributed by atoms with Gasteiger partial charge in [-0.05, 0) is 25.7 Å². The van der Waals surface area contributed by atoms with Gasteiger partial charge in [0.2, 0.25) is 5.89 Å². The Kier molecular flexibility index (Phi) is 7.13. The lowest BCUT2D eigenvalue weighted by molar-refractivity contribution is 0.383. The highest BCUT2D eigenvalue weighted by Gasteiger charge is 2.19. The second-order valence-electron chi connectivity index (χ2n) is 7.78. The Morgan fingerprint density at radius 2 is 2.04 bits per heavy atom. The Labute approximate surface area is 146 Å². The zero-order chi connectivity index (χ0) is 17.4. The van der Waals surface area contributed by atoms with Gasteiger partial charge in [0.05, 0.1) is 6.20 Å². The number of rotatable bonds is 7. The van der Waals surface area contributed by atoms with Crippen molar-refractivity contribution in [3.8, 4) is 0 Å². The molecule has 0 saturated heterocycles. The van der Waals surface area contributed by atoms with E-state index in [9.17, 15) is 0 Å². The molecule has 5 nitrogen and oxygen atoms in total. The molecule has 1 heterocycles. The van der Waals surface area contributed by atoms with E-state index in [-0.39, 0.29) is 5.41 Å². The van der Waals surface area contributed by atoms with E-state index in [0.717, 1.165) is 30.7 Å². The molecule has 1 aromatic heterocycles. The summed E-state index contributed by atoms with van der Waals surface area (Å²) in [6.45, 7) is 10.7. The predicted octanol–water partition coefficient (Wildman–Crippen LogP) is 4.00. The van der Waals surface area contributed by atoms with E-state index < -0.39 is 0 Å². The Morgan fingerprint density at radius 3 is 2.67 bits per heavy atom. The molecule has 1 aliphatic carbocycles. The summed E-state index contributed by atoms with van der Waals surface area (Å²) in [5.74, 6) is 3.37. The van der Waals surface area contributed by atoms with E-state index in [4.69, 9.17) is 4.42 Å². The highest BCUT2D eigenvalue weighted by Crippen LogP contribution is 2.28. The van der Waals surface area contributed by atoms with Crippen molar-refractivity contribution in [1.29, 1.82) is 0 Å². The molecule has 0 spiro atoms. The van der Waals surface area contributed by atoms with Crippen LogP contribution in [-0.2, 0) is 12.0 Å². The van der Waals surface area contributed by atoms with Crippen LogP contribution in [0.2, 0.25) is 0 Å². The van der Waals surface area contributed by atoms with Gasteiger partial charge >= 0.3 is 0 Å². The zero-order valence-corrected chi connectivity index (χ0v) is 15.8. The normalized spacial score (nSPS) is 16.6. The van der Waals surface area contributed by atoms with E-state index in [1.165, 1.54) is 38.5 Å². The van der Waals surface area contributed by atoms with Gasteiger partial charge in [-0.25, -0.2) is 9.98 Å². The summed E-state index contributed by atoms with van der Waals surface area (Å²) in [5, 5.41) is 6.71. The SMILES string of the molecule is CCNC(=NCc1ncc(C(C)(C)C)o1)NCCCC1CCCC1. The molecule has 0 amide bonds. The molecular weight excluding hydrogens is 300 g/mol. The molecule has 0 radical (unpaired) electrons. The standard InChI is InChI=1S/C19H34N4O/c1-5-20-18(21-12-8-11-15-9-6-7-10-15)23-14-17-22-13-16(24-17)19(2,3)4/h13,15H,5-12,14H2,1-4H3,(H2,20,21,23). The van der Waals surface area contributed by atoms with Crippen LogP contribution in [0.1, 0.15) is 77.9 Å². The molecule has 1 saturated carbocycles. The van der Waals surface area contributed by atoms with Crippen molar-refractivity contribution in [2.45, 2.75) is 78.2 Å². The minimum absolute atomic E-state index is 0.0159. The number of guanidine groups is 1. The topological polar surface area (TPSA) is 62.5 Å². The third-order valence-corrected chi connectivity index (χ3v) is 4.57. The van der Waals surface area contributed by atoms with E-state index in [1.807, 2.05) is 6.20 Å². The van der Waals surface area contributed by atoms with Crippen LogP contribution >= 0.6 is 0 Å². The summed E-state index contributed by atoms with van der Waals surface area (Å²) < 4.78 is 5.80. The maximum atomic E-state index is 5.80. The third-order valence-electron chi connectivity index (χ3n) is 4.57. The van der Waals surface area contributed by atoms with Gasteiger partial charge in [0.1, 0.15) is 12.3 Å². The fourth-order valence-corrected chi connectivity index (χ4v) is 3.12. The number of aromatic nitrogens is 1. The summed E-state index contributed by atoms with van der Waals surface area (Å²) in [6, 6.07) is 0. The molecule has 1 aromatic rings. The fraction of sp³-hybridized carbons (Fsp3) is 0.789. The summed E-state index contributed by atoms with van der Waals surface area (Å²) >= 11 is 0. The van der Waals surface area contributed by atoms with Crippen molar-refractivity contribution >= 4 is 5.96 Å². The molecule has 0 atom stereocenters. The highest BCUT2D eigenvalue weighted by atomic mass is 16.4. The van der Waals surface area contributed by atoms with E-state index in [2.05, 4.69) is 48.3 Å². The van der Waals surface area contributed by atoms with Gasteiger partial charge in [-0.15, -0.1) is 0 Å². The first-order chi connectivity index (χ1) is 11.5. The lowest BCUT2D eigenvalue weighted by Crippen LogP contribution is -2.37. The smallest absolute Gasteiger partial charge is 0.216 e. The molecule has 0 aromatic carbocycles. The van der Waals surface area contributed by atoms with Crippen LogP contribution in [-0.4, -0.2) is 24.0 Å². The Balaban J connectivity index is 1.78. The molecule has 1 aliphatic rings. The quantitative estimate of drug-likeness (QED) is 0.449. The molecular formula is C19H34N4O. The van der Waals surface area contributed by atoms with Crippen LogP contribution in [0.4, 0.5) is 0 Å². The minimum atomic E-state index is -0.0159. The van der Waals surface area contributed by atoms with Gasteiger partial charge in [-0.2, -0.15) is 0 Å². The summed E-state index contributed by atoms with van der Waals surface area (Å²) in [6.07, 6.45) is 10.1. The van der Waals surface area contributed by atoms with Crippen LogP contribution in [0.25, 0.3) is 0 Å². The average molecular weight is 335 g/mol. The Hall–Kier alpha value is -1.52. The van der Waals surface area contributed by atoms with Gasteiger partial charge in [-0.1, -0.05) is 46.5 Å². The number of oxazole rings is 1. The van der Waals surface area contributed by atoms with Crippen LogP contribution < -0.4 is 10.6 Å². The molecule has 136 valence electrons. The lowest BCUT2D eigenvalue weighted by atomic mass is 9.94. The fourth-order valence-electron chi connectivity index (χ4n) is 3.12. The molecule has 24 heavy (non-hydrogen) atoms. The van der Waals surface area contributed by atoms with E-state index >= 15 is 0 Å². The van der Waals surface area contributed by atoms with Crippen molar-refractivity contribution in [1.82, 2.24) is 15.6 Å². The first kappa shape index (κ1) is 18.8. The number of aliphatic imine (C=N–C) groups is 1. The Morgan fingerprint density at radius 1 is 1.29 bits per heavy atom. The third kappa shape index (κ3) is 6.17. The lowest BCUT2D eigenvalue weighted by Gasteiger charge is -2.13. The number of nitrogens with one attached hydrogen (secondary N) is 2. The maximum absolute atomic E-state index is 5.80. The number of nitrogens with zero attached hydrogens (tertiary/aromatic N) is 2. The molecule has 0 unspecified atom stereocenters. The largest absolute Gasteiger partial charge is 0.443 e. The number of hydrogen-bond acceptors (Lipinski definition) is 3. The van der Waals surface area contributed by atoms with Crippen LogP contribution in [0, 0.1) is 5.92 Å². The second-order valence-corrected chi connectivity index (χ2v) is 7.78. The number of hydrogen-bond donors (Lipinski definition) is 2. The summed E-state index contributed by atoms with van der Waals surface area (Å²) in [5.41, 5.74) is -0.0159. The maximum Gasteiger partial charge on any atom is 0.216 e. The van der Waals surface area contributed by atoms with E-state index in [1.54, 1.807) is 0 Å². The van der Waals surface area contributed by atoms with Crippen molar-refractivity contribution in [3.63, 3.8) is 0 Å². The first-order valence-electron chi connectivity index (χ1n) is 9.46. The van der Waals surface area contributed by atoms with Gasteiger partial charge in [-0.3, -0.25) is 0 Å². The Bertz CT molecular complexity index is 510. The predicted molar refractivity (Wildman–Crippen MR) is 99.2 cm³/mol. The van der Waals surface area contributed by atoms with Crippen LogP contribution in [0.5, 0.6) is 0 Å². The van der Waals surface area contributed by atoms with Crippen LogP contribution in [0.15, 0.2) is 15.6 Å². The van der Waals surface area contributed by atoms with Crippen molar-refractivity contribution in [3.05, 3.63) is 17.8 Å². The van der Waals surface area contributed by atoms with Gasteiger partial charge in [0.25, 0.3) is 0 Å². The molecule has 2 N–H and O–H groups in total. The van der Waals surface area contributed by atoms with Crippen molar-refractivity contribution in [2.75, 3.05) is 13.1 Å². The monoisotopic (exact) mass is 334 g/mol. The molecule has 0 aliphatic heterocycles. The van der Waals surface area contributed by atoms with Gasteiger partial charge in [0, 0.05) is 18.5 Å². The second kappa shape index (κ2) is 9.09. The van der Waals surface area contributed by atoms with Crippen molar-refractivity contribution < 1.29 is 4.42 Å². The van der Waals surface area contributed by atoms with Crippen molar-refractivity contribution in [2.24, 2.45) is 10.9 Å². The van der Waals surface area contributed by atoms with Gasteiger partial charge < -0.3 is 15.1 Å². The van der Waals surface area contributed by atoms with Crippen LogP contribution in [0.3, 0.4) is 0 Å². The summed E-state index contributed by atoms with van der Waals surface area (Å²) in [7, 11) is 0.